The molecule has 1 N–H and O–H groups in total. The lowest BCUT2D eigenvalue weighted by Crippen LogP contribution is -2.16. The molecule has 3 aromatic rings. The molecule has 0 spiro atoms. The lowest BCUT2D eigenvalue weighted by atomic mass is 10.2. The van der Waals surface area contributed by atoms with Crippen LogP contribution >= 0.6 is 11.8 Å². The molecule has 134 valence electrons. The molecule has 0 aliphatic carbocycles. The van der Waals surface area contributed by atoms with Crippen LogP contribution in [0.3, 0.4) is 0 Å². The Hall–Kier alpha value is -1.79. The Morgan fingerprint density at radius 1 is 1.24 bits per heavy atom. The van der Waals surface area contributed by atoms with Crippen LogP contribution in [0, 0.1) is 5.92 Å². The summed E-state index contributed by atoms with van der Waals surface area (Å²) in [5, 5.41) is 14.3. The zero-order valence-corrected chi connectivity index (χ0v) is 16.0. The van der Waals surface area contributed by atoms with E-state index in [4.69, 9.17) is 4.42 Å². The average Bonchev–Trinajstić information content (AvgIpc) is 3.17. The summed E-state index contributed by atoms with van der Waals surface area (Å²) >= 11 is 1.66. The molecule has 0 saturated heterocycles. The van der Waals surface area contributed by atoms with Gasteiger partial charge in [0.15, 0.2) is 5.16 Å². The molecule has 0 atom stereocenters. The monoisotopic (exact) mass is 358 g/mol. The lowest BCUT2D eigenvalue weighted by molar-refractivity contribution is 0.473. The number of furan rings is 1. The molecule has 0 aliphatic heterocycles. The van der Waals surface area contributed by atoms with E-state index in [-0.39, 0.29) is 0 Å². The van der Waals surface area contributed by atoms with Gasteiger partial charge in [0.2, 0.25) is 0 Å². The zero-order valence-electron chi connectivity index (χ0n) is 15.2. The predicted octanol–water partition coefficient (Wildman–Crippen LogP) is 4.12. The van der Waals surface area contributed by atoms with E-state index in [0.717, 1.165) is 60.2 Å². The molecule has 2 aromatic heterocycles. The first-order valence-electron chi connectivity index (χ1n) is 8.81. The van der Waals surface area contributed by atoms with Gasteiger partial charge in [-0.15, -0.1) is 10.2 Å². The highest BCUT2D eigenvalue weighted by atomic mass is 32.2. The van der Waals surface area contributed by atoms with Gasteiger partial charge in [-0.05, 0) is 37.3 Å². The Morgan fingerprint density at radius 2 is 2.08 bits per heavy atom. The maximum Gasteiger partial charge on any atom is 0.190 e. The highest BCUT2D eigenvalue weighted by Gasteiger charge is 2.12. The summed E-state index contributed by atoms with van der Waals surface area (Å²) in [6.07, 6.45) is 4.03. The predicted molar refractivity (Wildman–Crippen MR) is 103 cm³/mol. The molecule has 5 nitrogen and oxygen atoms in total. The molecule has 0 fully saturated rings. The van der Waals surface area contributed by atoms with Crippen molar-refractivity contribution in [3.05, 3.63) is 41.9 Å². The second-order valence-corrected chi connectivity index (χ2v) is 7.41. The van der Waals surface area contributed by atoms with Crippen LogP contribution in [0.4, 0.5) is 0 Å². The highest BCUT2D eigenvalue weighted by molar-refractivity contribution is 7.98. The minimum atomic E-state index is 0.590. The molecule has 0 bridgehead atoms. The highest BCUT2D eigenvalue weighted by Crippen LogP contribution is 2.19. The molecule has 3 rings (SSSR count). The fraction of sp³-hybridized carbons (Fsp3) is 0.474. The third-order valence-corrected chi connectivity index (χ3v) is 4.72. The number of nitrogens with zero attached hydrogens (tertiary/aromatic N) is 3. The minimum Gasteiger partial charge on any atom is -0.460 e. The number of thioether (sulfide) groups is 1. The first-order valence-corrected chi connectivity index (χ1v) is 10.0. The van der Waals surface area contributed by atoms with Crippen LogP contribution in [-0.2, 0) is 19.5 Å². The van der Waals surface area contributed by atoms with Crippen LogP contribution in [0.5, 0.6) is 0 Å². The van der Waals surface area contributed by atoms with Gasteiger partial charge in [0.1, 0.15) is 17.2 Å². The Kier molecular flexibility index (Phi) is 6.15. The summed E-state index contributed by atoms with van der Waals surface area (Å²) in [6, 6.07) is 10.2. The van der Waals surface area contributed by atoms with Gasteiger partial charge in [-0.25, -0.2) is 0 Å². The van der Waals surface area contributed by atoms with E-state index >= 15 is 0 Å². The van der Waals surface area contributed by atoms with Gasteiger partial charge < -0.3 is 14.3 Å². The number of aryl methyl sites for hydroxylation is 1. The van der Waals surface area contributed by atoms with Crippen molar-refractivity contribution < 1.29 is 4.42 Å². The number of aromatic nitrogens is 3. The quantitative estimate of drug-likeness (QED) is 0.460. The van der Waals surface area contributed by atoms with Crippen molar-refractivity contribution >= 4 is 22.7 Å². The Labute approximate surface area is 153 Å². The first kappa shape index (κ1) is 18.0. The number of hydrogen-bond acceptors (Lipinski definition) is 5. The molecule has 6 heteroatoms. The molecule has 25 heavy (non-hydrogen) atoms. The summed E-state index contributed by atoms with van der Waals surface area (Å²) in [7, 11) is 0. The van der Waals surface area contributed by atoms with E-state index in [0.29, 0.717) is 5.92 Å². The summed E-state index contributed by atoms with van der Waals surface area (Å²) in [5.41, 5.74) is 0.950. The molecule has 2 heterocycles. The molecule has 1 aromatic carbocycles. The van der Waals surface area contributed by atoms with E-state index in [9.17, 15) is 0 Å². The number of rotatable bonds is 9. The van der Waals surface area contributed by atoms with Gasteiger partial charge in [-0.1, -0.05) is 43.8 Å². The topological polar surface area (TPSA) is 55.9 Å². The summed E-state index contributed by atoms with van der Waals surface area (Å²) in [5.74, 6) is 2.66. The van der Waals surface area contributed by atoms with Crippen molar-refractivity contribution in [1.82, 2.24) is 20.1 Å². The fourth-order valence-corrected chi connectivity index (χ4v) is 3.43. The van der Waals surface area contributed by atoms with E-state index in [2.05, 4.69) is 52.3 Å². The largest absolute Gasteiger partial charge is 0.460 e. The van der Waals surface area contributed by atoms with E-state index in [1.165, 1.54) is 0 Å². The van der Waals surface area contributed by atoms with Gasteiger partial charge in [-0.2, -0.15) is 0 Å². The minimum absolute atomic E-state index is 0.590. The first-order chi connectivity index (χ1) is 12.2. The van der Waals surface area contributed by atoms with E-state index in [1.807, 2.05) is 18.2 Å². The molecule has 0 aliphatic rings. The standard InChI is InChI=1S/C19H26N4OS/c1-14(2)13-23-18(21-22-19(23)25-3)9-6-10-20-12-16-11-15-7-4-5-8-17(15)24-16/h4-5,7-8,11,14,20H,6,9-10,12-13H2,1-3H3. The average molecular weight is 359 g/mol. The van der Waals surface area contributed by atoms with Gasteiger partial charge in [0.25, 0.3) is 0 Å². The number of benzene rings is 1. The summed E-state index contributed by atoms with van der Waals surface area (Å²) in [4.78, 5) is 0. The van der Waals surface area contributed by atoms with Crippen molar-refractivity contribution in [3.63, 3.8) is 0 Å². The van der Waals surface area contributed by atoms with Gasteiger partial charge in [0, 0.05) is 18.4 Å². The number of hydrogen-bond donors (Lipinski definition) is 1. The van der Waals surface area contributed by atoms with Crippen LogP contribution < -0.4 is 5.32 Å². The van der Waals surface area contributed by atoms with Crippen molar-refractivity contribution in [1.29, 1.82) is 0 Å². The van der Waals surface area contributed by atoms with E-state index in [1.54, 1.807) is 11.8 Å². The fourth-order valence-electron chi connectivity index (χ4n) is 2.91. The van der Waals surface area contributed by atoms with Crippen LogP contribution in [0.25, 0.3) is 11.0 Å². The Morgan fingerprint density at radius 3 is 2.84 bits per heavy atom. The van der Waals surface area contributed by atoms with Gasteiger partial charge >= 0.3 is 0 Å². The van der Waals surface area contributed by atoms with Crippen molar-refractivity contribution in [2.45, 2.75) is 44.9 Å². The molecule has 0 radical (unpaired) electrons. The second kappa shape index (κ2) is 8.54. The van der Waals surface area contributed by atoms with Crippen LogP contribution in [0.2, 0.25) is 0 Å². The Balaban J connectivity index is 1.47. The lowest BCUT2D eigenvalue weighted by Gasteiger charge is -2.11. The van der Waals surface area contributed by atoms with Crippen LogP contribution in [-0.4, -0.2) is 27.6 Å². The van der Waals surface area contributed by atoms with E-state index < -0.39 is 0 Å². The number of nitrogens with one attached hydrogen (secondary N) is 1. The molecule has 0 saturated carbocycles. The maximum absolute atomic E-state index is 5.82. The molecule has 0 unspecified atom stereocenters. The van der Waals surface area contributed by atoms with Gasteiger partial charge in [-0.3, -0.25) is 0 Å². The number of fused-ring (bicyclic) bond motifs is 1. The van der Waals surface area contributed by atoms with Crippen molar-refractivity contribution in [2.24, 2.45) is 5.92 Å². The van der Waals surface area contributed by atoms with Crippen molar-refractivity contribution in [3.8, 4) is 0 Å². The smallest absolute Gasteiger partial charge is 0.190 e. The normalized spacial score (nSPS) is 11.7. The molecule has 0 amide bonds. The third kappa shape index (κ3) is 4.64. The summed E-state index contributed by atoms with van der Waals surface area (Å²) in [6.45, 7) is 7.11. The zero-order chi connectivity index (χ0) is 17.6. The second-order valence-electron chi connectivity index (χ2n) is 6.64. The Bertz CT molecular complexity index is 776. The van der Waals surface area contributed by atoms with Gasteiger partial charge in [0.05, 0.1) is 6.54 Å². The third-order valence-electron chi connectivity index (χ3n) is 4.05. The SMILES string of the molecule is CSc1nnc(CCCNCc2cc3ccccc3o2)n1CC(C)C. The number of para-hydroxylation sites is 1. The maximum atomic E-state index is 5.82. The van der Waals surface area contributed by atoms with Crippen molar-refractivity contribution in [2.75, 3.05) is 12.8 Å². The van der Waals surface area contributed by atoms with Crippen LogP contribution in [0.15, 0.2) is 39.9 Å². The summed E-state index contributed by atoms with van der Waals surface area (Å²) < 4.78 is 8.08. The molecular formula is C19H26N4OS. The molecular weight excluding hydrogens is 332 g/mol. The van der Waals surface area contributed by atoms with Crippen LogP contribution in [0.1, 0.15) is 31.9 Å².